The molecule has 0 atom stereocenters. The van der Waals surface area contributed by atoms with Gasteiger partial charge in [-0.3, -0.25) is 9.59 Å². The van der Waals surface area contributed by atoms with Crippen LogP contribution in [0.1, 0.15) is 49.7 Å². The van der Waals surface area contributed by atoms with Gasteiger partial charge < -0.3 is 10.0 Å². The molecule has 1 N–H and O–H groups in total. The van der Waals surface area contributed by atoms with Crippen LogP contribution in [-0.4, -0.2) is 41.4 Å². The Kier molecular flexibility index (Phi) is 4.81. The van der Waals surface area contributed by atoms with Gasteiger partial charge in [0, 0.05) is 19.5 Å². The van der Waals surface area contributed by atoms with E-state index in [-0.39, 0.29) is 11.2 Å². The number of piperidine rings is 1. The molecule has 2 fully saturated rings. The molecule has 4 nitrogen and oxygen atoms in total. The number of carbonyl (C=O) groups excluding carboxylic acids is 2. The van der Waals surface area contributed by atoms with Gasteiger partial charge in [0.1, 0.15) is 6.61 Å². The smallest absolute Gasteiger partial charge is 0.233 e. The second-order valence-electron chi connectivity index (χ2n) is 6.83. The Balaban J connectivity index is 1.72. The van der Waals surface area contributed by atoms with Crippen molar-refractivity contribution in [3.8, 4) is 0 Å². The summed E-state index contributed by atoms with van der Waals surface area (Å²) in [6.45, 7) is 1.40. The average Bonchev–Trinajstić information content (AvgIpc) is 3.42. The molecule has 1 aromatic carbocycles. The number of aliphatic hydroxyl groups is 1. The van der Waals surface area contributed by atoms with E-state index < -0.39 is 6.61 Å². The Morgan fingerprint density at radius 3 is 2.52 bits per heavy atom. The lowest BCUT2D eigenvalue weighted by atomic mass is 9.91. The number of hydrogen-bond acceptors (Lipinski definition) is 3. The second kappa shape index (κ2) is 6.83. The highest BCUT2D eigenvalue weighted by molar-refractivity contribution is 5.91. The number of rotatable bonds is 6. The highest BCUT2D eigenvalue weighted by Crippen LogP contribution is 2.50. The van der Waals surface area contributed by atoms with Crippen LogP contribution in [0.4, 0.5) is 0 Å². The third kappa shape index (κ3) is 3.47. The lowest BCUT2D eigenvalue weighted by Crippen LogP contribution is -2.42. The van der Waals surface area contributed by atoms with Crippen LogP contribution in [0.2, 0.25) is 0 Å². The zero-order valence-corrected chi connectivity index (χ0v) is 13.6. The summed E-state index contributed by atoms with van der Waals surface area (Å²) in [5, 5.41) is 8.82. The normalized spacial score (nSPS) is 19.4. The van der Waals surface area contributed by atoms with Crippen LogP contribution in [-0.2, 0) is 21.4 Å². The molecule has 1 amide bonds. The summed E-state index contributed by atoms with van der Waals surface area (Å²) in [4.78, 5) is 26.3. The molecule has 1 heterocycles. The number of aryl methyl sites for hydroxylation is 1. The molecular weight excluding hydrogens is 290 g/mol. The third-order valence-corrected chi connectivity index (χ3v) is 5.15. The molecule has 0 bridgehead atoms. The fraction of sp³-hybridized carbons (Fsp3) is 0.579. The fourth-order valence-corrected chi connectivity index (χ4v) is 3.54. The Labute approximate surface area is 137 Å². The van der Waals surface area contributed by atoms with Crippen LogP contribution < -0.4 is 0 Å². The van der Waals surface area contributed by atoms with E-state index in [1.54, 1.807) is 0 Å². The van der Waals surface area contributed by atoms with Crippen molar-refractivity contribution < 1.29 is 14.7 Å². The molecule has 1 saturated carbocycles. The second-order valence-corrected chi connectivity index (χ2v) is 6.83. The van der Waals surface area contributed by atoms with E-state index in [1.807, 2.05) is 23.1 Å². The van der Waals surface area contributed by atoms with Crippen LogP contribution in [0.5, 0.6) is 0 Å². The number of likely N-dealkylation sites (tertiary alicyclic amines) is 1. The predicted molar refractivity (Wildman–Crippen MR) is 88.2 cm³/mol. The first kappa shape index (κ1) is 16.2. The lowest BCUT2D eigenvalue weighted by Gasteiger charge is -2.31. The molecule has 0 spiro atoms. The van der Waals surface area contributed by atoms with Gasteiger partial charge in [0.25, 0.3) is 0 Å². The largest absolute Gasteiger partial charge is 0.389 e. The number of carbonyl (C=O) groups is 2. The number of benzene rings is 1. The maximum atomic E-state index is 12.9. The molecule has 1 aliphatic heterocycles. The zero-order chi connectivity index (χ0) is 16.3. The summed E-state index contributed by atoms with van der Waals surface area (Å²) in [7, 11) is 0. The molecule has 1 aliphatic carbocycles. The number of nitrogens with zero attached hydrogens (tertiary/aromatic N) is 1. The van der Waals surface area contributed by atoms with Crippen molar-refractivity contribution in [3.05, 3.63) is 35.4 Å². The molecule has 1 saturated heterocycles. The van der Waals surface area contributed by atoms with E-state index in [1.165, 1.54) is 6.42 Å². The number of hydrogen-bond donors (Lipinski definition) is 1. The van der Waals surface area contributed by atoms with Crippen molar-refractivity contribution in [2.75, 3.05) is 19.7 Å². The first-order chi connectivity index (χ1) is 11.2. The molecule has 2 aliphatic rings. The highest BCUT2D eigenvalue weighted by atomic mass is 16.3. The summed E-state index contributed by atoms with van der Waals surface area (Å²) in [5.41, 5.74) is 1.86. The van der Waals surface area contributed by atoms with Crippen molar-refractivity contribution >= 4 is 11.7 Å². The zero-order valence-electron chi connectivity index (χ0n) is 13.6. The van der Waals surface area contributed by atoms with Crippen LogP contribution >= 0.6 is 0 Å². The van der Waals surface area contributed by atoms with Crippen LogP contribution in [0, 0.1) is 0 Å². The van der Waals surface area contributed by atoms with Gasteiger partial charge in [0.05, 0.1) is 5.41 Å². The van der Waals surface area contributed by atoms with Crippen LogP contribution in [0.25, 0.3) is 0 Å². The molecule has 0 radical (unpaired) electrons. The fourth-order valence-electron chi connectivity index (χ4n) is 3.54. The number of aliphatic hydroxyl groups excluding tert-OH is 1. The Hall–Kier alpha value is -1.68. The standard InChI is InChI=1S/C19H25NO3/c21-14-17(22)8-7-15-5-4-6-16(13-15)19(9-10-19)18(23)20-11-2-1-3-12-20/h4-6,13,21H,1-3,7-12,14H2. The number of amides is 1. The Morgan fingerprint density at radius 1 is 1.13 bits per heavy atom. The molecule has 3 rings (SSSR count). The van der Waals surface area contributed by atoms with Crippen molar-refractivity contribution in [2.45, 2.75) is 50.4 Å². The summed E-state index contributed by atoms with van der Waals surface area (Å²) in [6.07, 6.45) is 6.30. The minimum atomic E-state index is -0.392. The van der Waals surface area contributed by atoms with Crippen molar-refractivity contribution in [2.24, 2.45) is 0 Å². The molecule has 0 unspecified atom stereocenters. The van der Waals surface area contributed by atoms with Crippen LogP contribution in [0.15, 0.2) is 24.3 Å². The number of ketones is 1. The summed E-state index contributed by atoms with van der Waals surface area (Å²) in [6, 6.07) is 8.11. The van der Waals surface area contributed by atoms with E-state index in [0.717, 1.165) is 49.9 Å². The Morgan fingerprint density at radius 2 is 1.87 bits per heavy atom. The van der Waals surface area contributed by atoms with Gasteiger partial charge in [0.2, 0.25) is 5.91 Å². The van der Waals surface area contributed by atoms with Gasteiger partial charge >= 0.3 is 0 Å². The van der Waals surface area contributed by atoms with E-state index in [2.05, 4.69) is 6.07 Å². The molecule has 124 valence electrons. The van der Waals surface area contributed by atoms with Gasteiger partial charge in [-0.25, -0.2) is 0 Å². The van der Waals surface area contributed by atoms with Gasteiger partial charge in [0.15, 0.2) is 5.78 Å². The molecule has 4 heteroatoms. The highest BCUT2D eigenvalue weighted by Gasteiger charge is 2.53. The van der Waals surface area contributed by atoms with Gasteiger partial charge in [-0.2, -0.15) is 0 Å². The molecule has 23 heavy (non-hydrogen) atoms. The Bertz CT molecular complexity index is 586. The summed E-state index contributed by atoms with van der Waals surface area (Å²) < 4.78 is 0. The van der Waals surface area contributed by atoms with Crippen molar-refractivity contribution in [1.29, 1.82) is 0 Å². The summed E-state index contributed by atoms with van der Waals surface area (Å²) in [5.74, 6) is 0.154. The van der Waals surface area contributed by atoms with Crippen molar-refractivity contribution in [1.82, 2.24) is 4.90 Å². The monoisotopic (exact) mass is 315 g/mol. The van der Waals surface area contributed by atoms with Gasteiger partial charge in [-0.15, -0.1) is 0 Å². The number of Topliss-reactive ketones (excluding diaryl/α,β-unsaturated/α-hetero) is 1. The SMILES string of the molecule is O=C(CO)CCc1cccc(C2(C(=O)N3CCCCC3)CC2)c1. The minimum absolute atomic E-state index is 0.138. The topological polar surface area (TPSA) is 57.6 Å². The molecule has 0 aromatic heterocycles. The van der Waals surface area contributed by atoms with E-state index in [0.29, 0.717) is 18.7 Å². The van der Waals surface area contributed by atoms with E-state index >= 15 is 0 Å². The predicted octanol–water partition coefficient (Wildman–Crippen LogP) is 2.22. The molecule has 1 aromatic rings. The van der Waals surface area contributed by atoms with Gasteiger partial charge in [-0.1, -0.05) is 24.3 Å². The minimum Gasteiger partial charge on any atom is -0.389 e. The van der Waals surface area contributed by atoms with Crippen molar-refractivity contribution in [3.63, 3.8) is 0 Å². The maximum absolute atomic E-state index is 12.9. The van der Waals surface area contributed by atoms with Crippen LogP contribution in [0.3, 0.4) is 0 Å². The summed E-state index contributed by atoms with van der Waals surface area (Å²) >= 11 is 0. The van der Waals surface area contributed by atoms with Gasteiger partial charge in [-0.05, 0) is 49.7 Å². The first-order valence-electron chi connectivity index (χ1n) is 8.67. The van der Waals surface area contributed by atoms with E-state index in [9.17, 15) is 9.59 Å². The van der Waals surface area contributed by atoms with E-state index in [4.69, 9.17) is 5.11 Å². The quantitative estimate of drug-likeness (QED) is 0.876. The first-order valence-corrected chi connectivity index (χ1v) is 8.67. The average molecular weight is 315 g/mol. The maximum Gasteiger partial charge on any atom is 0.233 e. The lowest BCUT2D eigenvalue weighted by molar-refractivity contribution is -0.134. The third-order valence-electron chi connectivity index (χ3n) is 5.15. The molecular formula is C19H25NO3.